The van der Waals surface area contributed by atoms with Crippen molar-refractivity contribution < 1.29 is 19.1 Å². The number of amides is 2. The molecule has 0 bridgehead atoms. The van der Waals surface area contributed by atoms with Crippen LogP contribution in [0.4, 0.5) is 0 Å². The quantitative estimate of drug-likeness (QED) is 0.717. The van der Waals surface area contributed by atoms with Crippen LogP contribution in [0.1, 0.15) is 57.4 Å². The van der Waals surface area contributed by atoms with Gasteiger partial charge < -0.3 is 19.3 Å². The Hall–Kier alpha value is -2.08. The summed E-state index contributed by atoms with van der Waals surface area (Å²) < 4.78 is 11.5. The minimum Gasteiger partial charge on any atom is -0.497 e. The van der Waals surface area contributed by atoms with Gasteiger partial charge in [-0.1, -0.05) is 12.1 Å². The third-order valence-electron chi connectivity index (χ3n) is 6.95. The Morgan fingerprint density at radius 1 is 1.20 bits per heavy atom. The molecule has 1 aromatic carbocycles. The zero-order chi connectivity index (χ0) is 21.1. The zero-order valence-corrected chi connectivity index (χ0v) is 18.3. The Morgan fingerprint density at radius 3 is 2.63 bits per heavy atom. The van der Waals surface area contributed by atoms with E-state index < -0.39 is 0 Å². The van der Waals surface area contributed by atoms with Gasteiger partial charge in [0.1, 0.15) is 5.75 Å². The van der Waals surface area contributed by atoms with Gasteiger partial charge in [-0.05, 0) is 62.6 Å². The van der Waals surface area contributed by atoms with E-state index in [1.54, 1.807) is 14.0 Å². The lowest BCUT2D eigenvalue weighted by Crippen LogP contribution is -2.55. The first-order chi connectivity index (χ1) is 14.5. The van der Waals surface area contributed by atoms with Crippen LogP contribution in [0.3, 0.4) is 0 Å². The third-order valence-corrected chi connectivity index (χ3v) is 6.95. The number of nitrogens with zero attached hydrogens (tertiary/aromatic N) is 2. The lowest BCUT2D eigenvalue weighted by molar-refractivity contribution is -0.155. The molecule has 1 spiro atoms. The first-order valence-corrected chi connectivity index (χ1v) is 11.3. The molecule has 30 heavy (non-hydrogen) atoms. The number of aryl methyl sites for hydroxylation is 1. The number of ether oxygens (including phenoxy) is 2. The molecule has 3 fully saturated rings. The highest BCUT2D eigenvalue weighted by Crippen LogP contribution is 2.40. The molecule has 0 radical (unpaired) electrons. The second-order valence-corrected chi connectivity index (χ2v) is 9.07. The predicted molar refractivity (Wildman–Crippen MR) is 114 cm³/mol. The highest BCUT2D eigenvalue weighted by atomic mass is 16.5. The van der Waals surface area contributed by atoms with Crippen molar-refractivity contribution in [2.45, 2.75) is 76.0 Å². The Labute approximate surface area is 179 Å². The summed E-state index contributed by atoms with van der Waals surface area (Å²) in [6.45, 7) is 3.90. The van der Waals surface area contributed by atoms with Crippen LogP contribution in [0.15, 0.2) is 24.3 Å². The minimum absolute atomic E-state index is 0.172. The lowest BCUT2D eigenvalue weighted by Gasteiger charge is -2.48. The molecule has 4 rings (SSSR count). The number of carbonyl (C=O) groups is 2. The normalized spacial score (nSPS) is 23.3. The van der Waals surface area contributed by atoms with E-state index in [1.165, 1.54) is 0 Å². The second kappa shape index (κ2) is 8.96. The number of rotatable bonds is 6. The molecule has 2 aliphatic heterocycles. The number of methoxy groups -OCH3 is 1. The van der Waals surface area contributed by atoms with Gasteiger partial charge in [0, 0.05) is 45.1 Å². The molecular formula is C24H34N2O4. The summed E-state index contributed by atoms with van der Waals surface area (Å²) in [5.41, 5.74) is 0.953. The molecule has 2 saturated heterocycles. The topological polar surface area (TPSA) is 59.1 Å². The van der Waals surface area contributed by atoms with Crippen LogP contribution in [0.25, 0.3) is 0 Å². The van der Waals surface area contributed by atoms with Gasteiger partial charge in [-0.25, -0.2) is 0 Å². The lowest BCUT2D eigenvalue weighted by atomic mass is 9.81. The van der Waals surface area contributed by atoms with E-state index in [1.807, 2.05) is 29.2 Å². The standard InChI is InChI=1S/C24H34N2O4/c1-18(27)26(20-7-8-20)21-10-15-30-24(17-21)11-13-25(14-12-24)23(28)9-6-19-4-3-5-22(16-19)29-2/h3-5,16,20-21H,6-15,17H2,1-2H3. The van der Waals surface area contributed by atoms with Gasteiger partial charge in [0.05, 0.1) is 12.7 Å². The summed E-state index contributed by atoms with van der Waals surface area (Å²) in [6, 6.07) is 8.65. The van der Waals surface area contributed by atoms with Crippen molar-refractivity contribution in [2.75, 3.05) is 26.8 Å². The van der Waals surface area contributed by atoms with Crippen molar-refractivity contribution >= 4 is 11.8 Å². The highest BCUT2D eigenvalue weighted by Gasteiger charge is 2.45. The van der Waals surface area contributed by atoms with E-state index in [-0.39, 0.29) is 17.4 Å². The molecule has 1 aromatic rings. The van der Waals surface area contributed by atoms with Crippen molar-refractivity contribution in [2.24, 2.45) is 0 Å². The third kappa shape index (κ3) is 4.80. The molecule has 6 nitrogen and oxygen atoms in total. The molecule has 2 heterocycles. The smallest absolute Gasteiger partial charge is 0.222 e. The summed E-state index contributed by atoms with van der Waals surface area (Å²) in [5, 5.41) is 0. The summed E-state index contributed by atoms with van der Waals surface area (Å²) in [7, 11) is 1.66. The van der Waals surface area contributed by atoms with E-state index in [2.05, 4.69) is 4.90 Å². The van der Waals surface area contributed by atoms with Crippen molar-refractivity contribution in [1.29, 1.82) is 0 Å². The fourth-order valence-corrected chi connectivity index (χ4v) is 5.15. The van der Waals surface area contributed by atoms with Crippen LogP contribution in [0.5, 0.6) is 5.75 Å². The number of hydrogen-bond donors (Lipinski definition) is 0. The molecule has 1 saturated carbocycles. The van der Waals surface area contributed by atoms with Crippen molar-refractivity contribution in [3.05, 3.63) is 29.8 Å². The molecule has 6 heteroatoms. The zero-order valence-electron chi connectivity index (χ0n) is 18.3. The minimum atomic E-state index is -0.172. The average molecular weight is 415 g/mol. The van der Waals surface area contributed by atoms with E-state index in [0.717, 1.165) is 69.3 Å². The molecular weight excluding hydrogens is 380 g/mol. The first-order valence-electron chi connectivity index (χ1n) is 11.3. The molecule has 1 atom stereocenters. The van der Waals surface area contributed by atoms with Crippen molar-refractivity contribution in [1.82, 2.24) is 9.80 Å². The van der Waals surface area contributed by atoms with E-state index in [0.29, 0.717) is 25.1 Å². The van der Waals surface area contributed by atoms with Crippen LogP contribution in [-0.4, -0.2) is 66.1 Å². The van der Waals surface area contributed by atoms with Gasteiger partial charge in [0.25, 0.3) is 0 Å². The van der Waals surface area contributed by atoms with Gasteiger partial charge in [-0.3, -0.25) is 9.59 Å². The van der Waals surface area contributed by atoms with Crippen molar-refractivity contribution in [3.63, 3.8) is 0 Å². The molecule has 164 valence electrons. The number of benzene rings is 1. The summed E-state index contributed by atoms with van der Waals surface area (Å²) in [4.78, 5) is 29.1. The molecule has 1 unspecified atom stereocenters. The Balaban J connectivity index is 1.29. The Morgan fingerprint density at radius 2 is 1.97 bits per heavy atom. The van der Waals surface area contributed by atoms with Gasteiger partial charge in [0.2, 0.25) is 11.8 Å². The van der Waals surface area contributed by atoms with Gasteiger partial charge >= 0.3 is 0 Å². The number of carbonyl (C=O) groups excluding carboxylic acids is 2. The van der Waals surface area contributed by atoms with Crippen LogP contribution in [0, 0.1) is 0 Å². The molecule has 0 N–H and O–H groups in total. The fraction of sp³-hybridized carbons (Fsp3) is 0.667. The fourth-order valence-electron chi connectivity index (χ4n) is 5.15. The van der Waals surface area contributed by atoms with Crippen LogP contribution in [0.2, 0.25) is 0 Å². The number of hydrogen-bond acceptors (Lipinski definition) is 4. The molecule has 1 aliphatic carbocycles. The summed E-state index contributed by atoms with van der Waals surface area (Å²) in [6.07, 6.45) is 7.10. The molecule has 0 aromatic heterocycles. The Kier molecular flexibility index (Phi) is 6.32. The average Bonchev–Trinajstić information content (AvgIpc) is 3.58. The maximum atomic E-state index is 12.8. The predicted octanol–water partition coefficient (Wildman–Crippen LogP) is 3.18. The van der Waals surface area contributed by atoms with Gasteiger partial charge in [-0.15, -0.1) is 0 Å². The van der Waals surface area contributed by atoms with Gasteiger partial charge in [-0.2, -0.15) is 0 Å². The van der Waals surface area contributed by atoms with Crippen molar-refractivity contribution in [3.8, 4) is 5.75 Å². The Bertz CT molecular complexity index is 768. The van der Waals surface area contributed by atoms with Crippen LogP contribution < -0.4 is 4.74 Å². The second-order valence-electron chi connectivity index (χ2n) is 9.07. The van der Waals surface area contributed by atoms with E-state index in [4.69, 9.17) is 9.47 Å². The van der Waals surface area contributed by atoms with E-state index in [9.17, 15) is 9.59 Å². The SMILES string of the molecule is COc1cccc(CCC(=O)N2CCC3(CC2)CC(N(C(C)=O)C2CC2)CCO3)c1. The largest absolute Gasteiger partial charge is 0.497 e. The van der Waals surface area contributed by atoms with Crippen LogP contribution in [-0.2, 0) is 20.7 Å². The summed E-state index contributed by atoms with van der Waals surface area (Å²) in [5.74, 6) is 1.24. The summed E-state index contributed by atoms with van der Waals surface area (Å²) >= 11 is 0. The van der Waals surface area contributed by atoms with E-state index >= 15 is 0 Å². The molecule has 3 aliphatic rings. The first kappa shape index (κ1) is 21.2. The van der Waals surface area contributed by atoms with Gasteiger partial charge in [0.15, 0.2) is 0 Å². The molecule has 2 amide bonds. The monoisotopic (exact) mass is 414 g/mol. The maximum absolute atomic E-state index is 12.8. The number of likely N-dealkylation sites (tertiary alicyclic amines) is 1. The van der Waals surface area contributed by atoms with Crippen LogP contribution >= 0.6 is 0 Å². The maximum Gasteiger partial charge on any atom is 0.222 e. The number of piperidine rings is 1. The highest BCUT2D eigenvalue weighted by molar-refractivity contribution is 5.76.